The summed E-state index contributed by atoms with van der Waals surface area (Å²) in [5.74, 6) is -1.25. The maximum Gasteiger partial charge on any atom is 0.338 e. The van der Waals surface area contributed by atoms with Crippen molar-refractivity contribution in [1.82, 2.24) is 4.31 Å². The quantitative estimate of drug-likeness (QED) is 0.438. The van der Waals surface area contributed by atoms with Crippen molar-refractivity contribution in [2.75, 3.05) is 24.6 Å². The lowest BCUT2D eigenvalue weighted by molar-refractivity contribution is -0.138. The van der Waals surface area contributed by atoms with Gasteiger partial charge in [-0.3, -0.25) is 9.69 Å². The van der Waals surface area contributed by atoms with Crippen molar-refractivity contribution in [3.8, 4) is 0 Å². The number of ketones is 1. The summed E-state index contributed by atoms with van der Waals surface area (Å²) in [4.78, 5) is 29.3. The number of hydrogen-bond donors (Lipinski definition) is 1. The molecule has 0 aromatic heterocycles. The van der Waals surface area contributed by atoms with Crippen molar-refractivity contribution in [2.45, 2.75) is 63.7 Å². The molecule has 3 aliphatic rings. The van der Waals surface area contributed by atoms with Gasteiger partial charge in [-0.2, -0.15) is 4.31 Å². The van der Waals surface area contributed by atoms with Gasteiger partial charge in [0.05, 0.1) is 23.0 Å². The predicted octanol–water partition coefficient (Wildman–Crippen LogP) is 5.50. The maximum atomic E-state index is 13.9. The third kappa shape index (κ3) is 5.55. The van der Waals surface area contributed by atoms with Crippen LogP contribution < -0.4 is 10.6 Å². The lowest BCUT2D eigenvalue weighted by Gasteiger charge is -2.44. The molecule has 2 aliphatic heterocycles. The van der Waals surface area contributed by atoms with E-state index in [-0.39, 0.29) is 34.1 Å². The van der Waals surface area contributed by atoms with Gasteiger partial charge < -0.3 is 10.5 Å². The Morgan fingerprint density at radius 3 is 2.27 bits per heavy atom. The number of rotatable bonds is 6. The Kier molecular flexibility index (Phi) is 8.07. The number of nitrogens with zero attached hydrogens (tertiary/aromatic N) is 2. The van der Waals surface area contributed by atoms with Crippen LogP contribution in [-0.2, 0) is 24.3 Å². The molecule has 1 fully saturated rings. The molecule has 2 N–H and O–H groups in total. The molecular formula is C31H36ClN3O5S. The summed E-state index contributed by atoms with van der Waals surface area (Å²) in [5.41, 5.74) is 9.12. The van der Waals surface area contributed by atoms with Crippen LogP contribution in [-0.4, -0.2) is 44.2 Å². The van der Waals surface area contributed by atoms with Gasteiger partial charge in [0.15, 0.2) is 5.78 Å². The number of ether oxygens (including phenoxy) is 1. The highest BCUT2D eigenvalue weighted by Crippen LogP contribution is 2.50. The number of esters is 1. The van der Waals surface area contributed by atoms with Gasteiger partial charge in [-0.1, -0.05) is 44.0 Å². The molecule has 41 heavy (non-hydrogen) atoms. The van der Waals surface area contributed by atoms with Crippen LogP contribution in [0.15, 0.2) is 76.1 Å². The Hall–Kier alpha value is -3.14. The Labute approximate surface area is 246 Å². The van der Waals surface area contributed by atoms with Crippen molar-refractivity contribution in [3.05, 3.63) is 81.8 Å². The lowest BCUT2D eigenvalue weighted by Crippen LogP contribution is -2.43. The van der Waals surface area contributed by atoms with Gasteiger partial charge in [-0.05, 0) is 73.6 Å². The zero-order valence-electron chi connectivity index (χ0n) is 23.7. The van der Waals surface area contributed by atoms with Gasteiger partial charge in [-0.25, -0.2) is 13.2 Å². The van der Waals surface area contributed by atoms with E-state index in [0.29, 0.717) is 53.5 Å². The fourth-order valence-corrected chi connectivity index (χ4v) is 7.77. The number of Topliss-reactive ketones (excluding diaryl/α,β-unsaturated/α-hetero) is 1. The second-order valence-electron chi connectivity index (χ2n) is 11.6. The Bertz CT molecular complexity index is 1520. The minimum atomic E-state index is -3.63. The molecule has 1 saturated heterocycles. The molecular weight excluding hydrogens is 562 g/mol. The number of halogens is 1. The molecule has 0 amide bonds. The van der Waals surface area contributed by atoms with Crippen molar-refractivity contribution in [1.29, 1.82) is 0 Å². The normalized spacial score (nSPS) is 21.6. The molecule has 8 nitrogen and oxygen atoms in total. The third-order valence-electron chi connectivity index (χ3n) is 8.01. The van der Waals surface area contributed by atoms with Gasteiger partial charge in [0.25, 0.3) is 0 Å². The molecule has 2 aromatic rings. The SMILES string of the molecule is CCOC(=O)C1=C(N)N(c2ccc(S(=O)(=O)N3CCCCC3)cc2)C2=C(C(=O)CC(C)(C)C2)C1c1ccc(Cl)cc1. The summed E-state index contributed by atoms with van der Waals surface area (Å²) in [6.45, 7) is 6.92. The lowest BCUT2D eigenvalue weighted by atomic mass is 9.68. The topological polar surface area (TPSA) is 110 Å². The summed E-state index contributed by atoms with van der Waals surface area (Å²) >= 11 is 6.17. The average molecular weight is 598 g/mol. The third-order valence-corrected chi connectivity index (χ3v) is 10.2. The molecule has 1 aliphatic carbocycles. The fourth-order valence-electron chi connectivity index (χ4n) is 6.12. The molecule has 0 bridgehead atoms. The van der Waals surface area contributed by atoms with E-state index in [1.165, 1.54) is 4.31 Å². The number of allylic oxidation sites excluding steroid dienone is 2. The van der Waals surface area contributed by atoms with Crippen LogP contribution in [0.2, 0.25) is 5.02 Å². The number of piperidine rings is 1. The highest BCUT2D eigenvalue weighted by molar-refractivity contribution is 7.89. The number of hydrogen-bond acceptors (Lipinski definition) is 7. The monoisotopic (exact) mass is 597 g/mol. The van der Waals surface area contributed by atoms with Crippen LogP contribution in [0, 0.1) is 5.41 Å². The minimum absolute atomic E-state index is 0.0696. The first kappa shape index (κ1) is 29.4. The molecule has 5 rings (SSSR count). The fraction of sp³-hybridized carbons (Fsp3) is 0.419. The molecule has 10 heteroatoms. The average Bonchev–Trinajstić information content (AvgIpc) is 2.93. The van der Waals surface area contributed by atoms with Crippen LogP contribution in [0.4, 0.5) is 5.69 Å². The smallest absolute Gasteiger partial charge is 0.338 e. The first-order valence-corrected chi connectivity index (χ1v) is 15.9. The second kappa shape index (κ2) is 11.3. The van der Waals surface area contributed by atoms with E-state index in [4.69, 9.17) is 22.1 Å². The van der Waals surface area contributed by atoms with Gasteiger partial charge in [0.2, 0.25) is 10.0 Å². The molecule has 0 radical (unpaired) electrons. The first-order valence-electron chi connectivity index (χ1n) is 14.0. The summed E-state index contributed by atoms with van der Waals surface area (Å²) < 4.78 is 33.5. The molecule has 1 unspecified atom stereocenters. The Balaban J connectivity index is 1.66. The van der Waals surface area contributed by atoms with Crippen molar-refractivity contribution in [3.63, 3.8) is 0 Å². The van der Waals surface area contributed by atoms with E-state index < -0.39 is 21.9 Å². The number of carbonyl (C=O) groups excluding carboxylic acids is 2. The van der Waals surface area contributed by atoms with Crippen LogP contribution in [0.3, 0.4) is 0 Å². The first-order chi connectivity index (χ1) is 19.4. The summed E-state index contributed by atoms with van der Waals surface area (Å²) in [6, 6.07) is 13.6. The Morgan fingerprint density at radius 1 is 1.02 bits per heavy atom. The van der Waals surface area contributed by atoms with Crippen LogP contribution >= 0.6 is 11.6 Å². The van der Waals surface area contributed by atoms with Crippen molar-refractivity contribution in [2.24, 2.45) is 11.1 Å². The molecule has 1 atom stereocenters. The molecule has 0 saturated carbocycles. The van der Waals surface area contributed by atoms with Gasteiger partial charge in [0, 0.05) is 41.5 Å². The van der Waals surface area contributed by atoms with E-state index in [9.17, 15) is 18.0 Å². The number of benzene rings is 2. The van der Waals surface area contributed by atoms with E-state index in [1.807, 2.05) is 13.8 Å². The highest BCUT2D eigenvalue weighted by atomic mass is 35.5. The number of sulfonamides is 1. The second-order valence-corrected chi connectivity index (χ2v) is 14.0. The Morgan fingerprint density at radius 2 is 1.66 bits per heavy atom. The summed E-state index contributed by atoms with van der Waals surface area (Å²) in [7, 11) is -3.63. The standard InChI is InChI=1S/C31H36ClN3O5S/c1-4-40-30(37)28-26(20-8-10-21(32)11-9-20)27-24(18-31(2,3)19-25(27)36)35(29(28)33)22-12-14-23(15-13-22)41(38,39)34-16-6-5-7-17-34/h8-15,26H,4-7,16-19,33H2,1-3H3. The largest absolute Gasteiger partial charge is 0.463 e. The summed E-state index contributed by atoms with van der Waals surface area (Å²) in [6.07, 6.45) is 3.56. The van der Waals surface area contributed by atoms with Crippen molar-refractivity contribution >= 4 is 39.1 Å². The van der Waals surface area contributed by atoms with E-state index in [2.05, 4.69) is 0 Å². The van der Waals surface area contributed by atoms with E-state index >= 15 is 0 Å². The number of anilines is 1. The van der Waals surface area contributed by atoms with E-state index in [0.717, 1.165) is 19.3 Å². The van der Waals surface area contributed by atoms with Crippen molar-refractivity contribution < 1.29 is 22.7 Å². The number of nitrogens with two attached hydrogens (primary N) is 1. The van der Waals surface area contributed by atoms with Gasteiger partial charge in [0.1, 0.15) is 5.82 Å². The van der Waals surface area contributed by atoms with Gasteiger partial charge in [-0.15, -0.1) is 0 Å². The molecule has 0 spiro atoms. The molecule has 2 heterocycles. The summed E-state index contributed by atoms with van der Waals surface area (Å²) in [5, 5.41) is 0.533. The predicted molar refractivity (Wildman–Crippen MR) is 159 cm³/mol. The zero-order valence-corrected chi connectivity index (χ0v) is 25.2. The molecule has 218 valence electrons. The van der Waals surface area contributed by atoms with E-state index in [1.54, 1.807) is 60.4 Å². The van der Waals surface area contributed by atoms with Crippen LogP contribution in [0.1, 0.15) is 64.4 Å². The molecule has 2 aromatic carbocycles. The highest BCUT2D eigenvalue weighted by Gasteiger charge is 2.46. The van der Waals surface area contributed by atoms with Crippen LogP contribution in [0.25, 0.3) is 0 Å². The minimum Gasteiger partial charge on any atom is -0.463 e. The maximum absolute atomic E-state index is 13.9. The van der Waals surface area contributed by atoms with Crippen LogP contribution in [0.5, 0.6) is 0 Å². The number of carbonyl (C=O) groups is 2. The zero-order chi connectivity index (χ0) is 29.5. The van der Waals surface area contributed by atoms with Gasteiger partial charge >= 0.3 is 5.97 Å².